The molecule has 3 rings (SSSR count). The van der Waals surface area contributed by atoms with E-state index < -0.39 is 0 Å². The van der Waals surface area contributed by atoms with E-state index in [1.54, 1.807) is 0 Å². The van der Waals surface area contributed by atoms with E-state index in [0.717, 1.165) is 36.6 Å². The van der Waals surface area contributed by atoms with Crippen molar-refractivity contribution >= 4 is 0 Å². The average molecular weight is 225 g/mol. The minimum Gasteiger partial charge on any atom is -0.311 e. The quantitative estimate of drug-likeness (QED) is 0.807. The van der Waals surface area contributed by atoms with Crippen LogP contribution in [0.2, 0.25) is 0 Å². The van der Waals surface area contributed by atoms with E-state index in [0.29, 0.717) is 0 Å². The van der Waals surface area contributed by atoms with Crippen LogP contribution < -0.4 is 5.32 Å². The van der Waals surface area contributed by atoms with E-state index in [9.17, 15) is 0 Å². The van der Waals surface area contributed by atoms with Gasteiger partial charge in [-0.1, -0.05) is 23.8 Å². The zero-order valence-electron chi connectivity index (χ0n) is 9.90. The van der Waals surface area contributed by atoms with Crippen LogP contribution in [-0.2, 0) is 13.0 Å². The van der Waals surface area contributed by atoms with Crippen molar-refractivity contribution in [3.05, 3.63) is 47.3 Å². The highest BCUT2D eigenvalue weighted by Gasteiger charge is 2.12. The van der Waals surface area contributed by atoms with Gasteiger partial charge in [-0.05, 0) is 31.5 Å². The van der Waals surface area contributed by atoms with E-state index in [-0.39, 0.29) is 0 Å². The van der Waals surface area contributed by atoms with Crippen LogP contribution in [0.4, 0.5) is 0 Å². The van der Waals surface area contributed by atoms with Crippen molar-refractivity contribution in [2.75, 3.05) is 6.54 Å². The lowest BCUT2D eigenvalue weighted by atomic mass is 10.1. The minimum absolute atomic E-state index is 0.830. The summed E-state index contributed by atoms with van der Waals surface area (Å²) in [4.78, 5) is 9.12. The Morgan fingerprint density at radius 3 is 3.12 bits per heavy atom. The average Bonchev–Trinajstić information content (AvgIpc) is 2.38. The van der Waals surface area contributed by atoms with Gasteiger partial charge in [0.25, 0.3) is 0 Å². The lowest BCUT2D eigenvalue weighted by Gasteiger charge is -2.16. The lowest BCUT2D eigenvalue weighted by Crippen LogP contribution is -2.25. The Morgan fingerprint density at radius 2 is 2.24 bits per heavy atom. The largest absolute Gasteiger partial charge is 0.311 e. The molecule has 17 heavy (non-hydrogen) atoms. The second-order valence-electron chi connectivity index (χ2n) is 4.46. The third-order valence-corrected chi connectivity index (χ3v) is 3.09. The molecule has 0 aliphatic carbocycles. The first-order chi connectivity index (χ1) is 8.33. The topological polar surface area (TPSA) is 37.8 Å². The summed E-state index contributed by atoms with van der Waals surface area (Å²) in [6, 6.07) is 8.32. The summed E-state index contributed by atoms with van der Waals surface area (Å²) in [5, 5.41) is 3.34. The van der Waals surface area contributed by atoms with E-state index >= 15 is 0 Å². The molecule has 0 bridgehead atoms. The number of hydrogen-bond acceptors (Lipinski definition) is 3. The fraction of sp³-hybridized carbons (Fsp3) is 0.286. The fourth-order valence-electron chi connectivity index (χ4n) is 2.16. The van der Waals surface area contributed by atoms with Gasteiger partial charge in [0.05, 0.1) is 5.69 Å². The van der Waals surface area contributed by atoms with Gasteiger partial charge >= 0.3 is 0 Å². The molecule has 2 aromatic rings. The molecule has 0 saturated heterocycles. The minimum atomic E-state index is 0.830. The SMILES string of the molecule is Cc1cccc(-c2ncc3c(n2)CNCC3)c1. The van der Waals surface area contributed by atoms with E-state index in [2.05, 4.69) is 40.4 Å². The molecule has 0 unspecified atom stereocenters. The van der Waals surface area contributed by atoms with E-state index in [1.165, 1.54) is 11.1 Å². The van der Waals surface area contributed by atoms with Gasteiger partial charge in [0, 0.05) is 18.3 Å². The van der Waals surface area contributed by atoms with Crippen LogP contribution in [0.25, 0.3) is 11.4 Å². The van der Waals surface area contributed by atoms with Gasteiger partial charge in [-0.3, -0.25) is 0 Å². The summed E-state index contributed by atoms with van der Waals surface area (Å²) in [6.07, 6.45) is 3.00. The predicted molar refractivity (Wildman–Crippen MR) is 67.6 cm³/mol. The second-order valence-corrected chi connectivity index (χ2v) is 4.46. The standard InChI is InChI=1S/C14H15N3/c1-10-3-2-4-11(7-10)14-16-8-12-5-6-15-9-13(12)17-14/h2-4,7-8,15H,5-6,9H2,1H3. The van der Waals surface area contributed by atoms with Crippen LogP contribution in [0.1, 0.15) is 16.8 Å². The number of hydrogen-bond donors (Lipinski definition) is 1. The van der Waals surface area contributed by atoms with Crippen LogP contribution in [-0.4, -0.2) is 16.5 Å². The van der Waals surface area contributed by atoms with Crippen LogP contribution in [0.3, 0.4) is 0 Å². The van der Waals surface area contributed by atoms with E-state index in [4.69, 9.17) is 0 Å². The number of nitrogens with zero attached hydrogens (tertiary/aromatic N) is 2. The normalized spacial score (nSPS) is 14.4. The van der Waals surface area contributed by atoms with Crippen LogP contribution >= 0.6 is 0 Å². The molecular formula is C14H15N3. The molecule has 0 saturated carbocycles. The maximum Gasteiger partial charge on any atom is 0.159 e. The van der Waals surface area contributed by atoms with Crippen molar-refractivity contribution in [3.8, 4) is 11.4 Å². The van der Waals surface area contributed by atoms with Crippen molar-refractivity contribution < 1.29 is 0 Å². The first kappa shape index (κ1) is 10.4. The Bertz CT molecular complexity index is 549. The molecule has 86 valence electrons. The molecule has 1 aliphatic rings. The Labute approximate surface area is 101 Å². The first-order valence-corrected chi connectivity index (χ1v) is 5.95. The van der Waals surface area contributed by atoms with Gasteiger partial charge in [-0.2, -0.15) is 0 Å². The monoisotopic (exact) mass is 225 g/mol. The number of rotatable bonds is 1. The number of nitrogens with one attached hydrogen (secondary N) is 1. The van der Waals surface area contributed by atoms with Crippen LogP contribution in [0.15, 0.2) is 30.5 Å². The summed E-state index contributed by atoms with van der Waals surface area (Å²) >= 11 is 0. The maximum atomic E-state index is 4.65. The second kappa shape index (κ2) is 4.26. The van der Waals surface area contributed by atoms with Gasteiger partial charge in [0.2, 0.25) is 0 Å². The van der Waals surface area contributed by atoms with Crippen molar-refractivity contribution in [2.45, 2.75) is 19.9 Å². The molecule has 2 heterocycles. The number of fused-ring (bicyclic) bond motifs is 1. The van der Waals surface area contributed by atoms with Gasteiger partial charge in [0.1, 0.15) is 0 Å². The number of benzene rings is 1. The van der Waals surface area contributed by atoms with Gasteiger partial charge in [0.15, 0.2) is 5.82 Å². The highest BCUT2D eigenvalue weighted by Crippen LogP contribution is 2.19. The smallest absolute Gasteiger partial charge is 0.159 e. The van der Waals surface area contributed by atoms with Gasteiger partial charge in [-0.25, -0.2) is 9.97 Å². The van der Waals surface area contributed by atoms with Crippen LogP contribution in [0, 0.1) is 6.92 Å². The Hall–Kier alpha value is -1.74. The third-order valence-electron chi connectivity index (χ3n) is 3.09. The zero-order chi connectivity index (χ0) is 11.7. The molecule has 0 atom stereocenters. The zero-order valence-corrected chi connectivity index (χ0v) is 9.90. The third kappa shape index (κ3) is 2.06. The molecule has 3 nitrogen and oxygen atoms in total. The molecular weight excluding hydrogens is 210 g/mol. The fourth-order valence-corrected chi connectivity index (χ4v) is 2.16. The van der Waals surface area contributed by atoms with Crippen molar-refractivity contribution in [1.29, 1.82) is 0 Å². The first-order valence-electron chi connectivity index (χ1n) is 5.95. The Balaban J connectivity index is 2.04. The molecule has 1 aliphatic heterocycles. The molecule has 0 amide bonds. The van der Waals surface area contributed by atoms with Gasteiger partial charge < -0.3 is 5.32 Å². The summed E-state index contributed by atoms with van der Waals surface area (Å²) in [6.45, 7) is 3.97. The highest BCUT2D eigenvalue weighted by atomic mass is 15.0. The molecule has 0 fully saturated rings. The summed E-state index contributed by atoms with van der Waals surface area (Å²) in [5.74, 6) is 0.830. The van der Waals surface area contributed by atoms with Crippen molar-refractivity contribution in [3.63, 3.8) is 0 Å². The molecule has 1 aromatic carbocycles. The van der Waals surface area contributed by atoms with Crippen LogP contribution in [0.5, 0.6) is 0 Å². The molecule has 0 spiro atoms. The Morgan fingerprint density at radius 1 is 1.29 bits per heavy atom. The Kier molecular flexibility index (Phi) is 2.61. The lowest BCUT2D eigenvalue weighted by molar-refractivity contribution is 0.624. The highest BCUT2D eigenvalue weighted by molar-refractivity contribution is 5.56. The molecule has 3 heteroatoms. The van der Waals surface area contributed by atoms with E-state index in [1.807, 2.05) is 12.3 Å². The molecule has 1 aromatic heterocycles. The predicted octanol–water partition coefficient (Wildman–Crippen LogP) is 2.10. The summed E-state index contributed by atoms with van der Waals surface area (Å²) in [5.41, 5.74) is 4.75. The molecule has 0 radical (unpaired) electrons. The summed E-state index contributed by atoms with van der Waals surface area (Å²) in [7, 11) is 0. The van der Waals surface area contributed by atoms with Crippen molar-refractivity contribution in [1.82, 2.24) is 15.3 Å². The summed E-state index contributed by atoms with van der Waals surface area (Å²) < 4.78 is 0. The van der Waals surface area contributed by atoms with Gasteiger partial charge in [-0.15, -0.1) is 0 Å². The maximum absolute atomic E-state index is 4.65. The van der Waals surface area contributed by atoms with Crippen molar-refractivity contribution in [2.24, 2.45) is 0 Å². The number of aryl methyl sites for hydroxylation is 1. The number of aromatic nitrogens is 2. The molecule has 1 N–H and O–H groups in total.